The van der Waals surface area contributed by atoms with Crippen molar-refractivity contribution < 1.29 is 9.47 Å². The summed E-state index contributed by atoms with van der Waals surface area (Å²) in [6, 6.07) is 6.50. The molecule has 3 heteroatoms. The molecule has 1 aromatic rings. The number of hydrogen-bond donors (Lipinski definition) is 1. The molecule has 0 unspecified atom stereocenters. The van der Waals surface area contributed by atoms with Crippen LogP contribution in [0, 0.1) is 0 Å². The normalized spacial score (nSPS) is 11.2. The first-order valence-electron chi connectivity index (χ1n) is 6.84. The van der Waals surface area contributed by atoms with Crippen LogP contribution in [0.5, 0.6) is 11.5 Å². The van der Waals surface area contributed by atoms with Crippen LogP contribution in [0.25, 0.3) is 6.08 Å². The molecule has 0 aliphatic heterocycles. The van der Waals surface area contributed by atoms with E-state index in [1.54, 1.807) is 7.11 Å². The summed E-state index contributed by atoms with van der Waals surface area (Å²) < 4.78 is 11.1. The summed E-state index contributed by atoms with van der Waals surface area (Å²) in [5.74, 6) is 1.59. The predicted octanol–water partition coefficient (Wildman–Crippen LogP) is 3.50. The lowest BCUT2D eigenvalue weighted by molar-refractivity contribution is 0.286. The molecule has 0 fully saturated rings. The van der Waals surface area contributed by atoms with Crippen molar-refractivity contribution >= 4 is 6.08 Å². The molecule has 1 N–H and O–H groups in total. The van der Waals surface area contributed by atoms with Gasteiger partial charge in [0.25, 0.3) is 0 Å². The molecule has 0 spiro atoms. The van der Waals surface area contributed by atoms with Gasteiger partial charge in [-0.2, -0.15) is 0 Å². The van der Waals surface area contributed by atoms with Gasteiger partial charge < -0.3 is 14.8 Å². The molecule has 0 heterocycles. The van der Waals surface area contributed by atoms with Crippen molar-refractivity contribution in [3.8, 4) is 11.5 Å². The topological polar surface area (TPSA) is 30.5 Å². The zero-order valence-corrected chi connectivity index (χ0v) is 12.4. The zero-order valence-electron chi connectivity index (χ0n) is 12.4. The van der Waals surface area contributed by atoms with Gasteiger partial charge in [-0.1, -0.05) is 32.1 Å². The average Bonchev–Trinajstić information content (AvgIpc) is 2.39. The number of ether oxygens (including phenoxy) is 2. The lowest BCUT2D eigenvalue weighted by Crippen LogP contribution is -2.24. The first-order valence-corrected chi connectivity index (χ1v) is 6.84. The third-order valence-corrected chi connectivity index (χ3v) is 2.68. The maximum Gasteiger partial charge on any atom is 0.161 e. The summed E-state index contributed by atoms with van der Waals surface area (Å²) >= 11 is 0. The van der Waals surface area contributed by atoms with Crippen LogP contribution in [0.1, 0.15) is 32.8 Å². The molecule has 3 nitrogen and oxygen atoms in total. The predicted molar refractivity (Wildman–Crippen MR) is 81.0 cm³/mol. The monoisotopic (exact) mass is 263 g/mol. The van der Waals surface area contributed by atoms with E-state index in [0.29, 0.717) is 12.6 Å². The molecule has 0 radical (unpaired) electrons. The van der Waals surface area contributed by atoms with E-state index in [0.717, 1.165) is 30.0 Å². The van der Waals surface area contributed by atoms with E-state index in [-0.39, 0.29) is 0 Å². The Morgan fingerprint density at radius 1 is 1.26 bits per heavy atom. The van der Waals surface area contributed by atoms with E-state index in [1.165, 1.54) is 0 Å². The first kappa shape index (κ1) is 15.6. The molecule has 1 aromatic carbocycles. The largest absolute Gasteiger partial charge is 0.493 e. The van der Waals surface area contributed by atoms with Crippen molar-refractivity contribution in [1.82, 2.24) is 5.32 Å². The van der Waals surface area contributed by atoms with Gasteiger partial charge in [0.05, 0.1) is 13.7 Å². The van der Waals surface area contributed by atoms with Crippen molar-refractivity contribution in [2.24, 2.45) is 0 Å². The Morgan fingerprint density at radius 2 is 2.05 bits per heavy atom. The van der Waals surface area contributed by atoms with Crippen LogP contribution in [-0.4, -0.2) is 26.3 Å². The highest BCUT2D eigenvalue weighted by atomic mass is 16.5. The van der Waals surface area contributed by atoms with E-state index in [2.05, 4.69) is 19.2 Å². The van der Waals surface area contributed by atoms with E-state index >= 15 is 0 Å². The standard InChI is InChI=1S/C16H25NO2/c1-5-7-14-8-9-15(16(12-14)18-4)19-11-6-10-17-13(2)3/h5,7-9,12-13,17H,6,10-11H2,1-4H3/b7-5+. The van der Waals surface area contributed by atoms with Crippen molar-refractivity contribution in [2.45, 2.75) is 33.2 Å². The van der Waals surface area contributed by atoms with Gasteiger partial charge in [-0.15, -0.1) is 0 Å². The van der Waals surface area contributed by atoms with Crippen molar-refractivity contribution in [3.63, 3.8) is 0 Å². The molecule has 106 valence electrons. The third-order valence-electron chi connectivity index (χ3n) is 2.68. The van der Waals surface area contributed by atoms with Crippen LogP contribution in [0.15, 0.2) is 24.3 Å². The number of allylic oxidation sites excluding steroid dienone is 1. The zero-order chi connectivity index (χ0) is 14.1. The second-order valence-corrected chi connectivity index (χ2v) is 4.72. The minimum absolute atomic E-state index is 0.523. The summed E-state index contributed by atoms with van der Waals surface area (Å²) in [6.45, 7) is 7.95. The molecule has 0 saturated heterocycles. The third kappa shape index (κ3) is 5.79. The molecule has 0 aliphatic rings. The Hall–Kier alpha value is -1.48. The van der Waals surface area contributed by atoms with Gasteiger partial charge in [-0.05, 0) is 37.6 Å². The number of nitrogens with one attached hydrogen (secondary N) is 1. The summed E-state index contributed by atoms with van der Waals surface area (Å²) in [4.78, 5) is 0. The van der Waals surface area contributed by atoms with Crippen molar-refractivity contribution in [1.29, 1.82) is 0 Å². The first-order chi connectivity index (χ1) is 9.17. The Labute approximate surface area is 116 Å². The molecule has 19 heavy (non-hydrogen) atoms. The second kappa shape index (κ2) is 8.59. The van der Waals surface area contributed by atoms with Crippen LogP contribution >= 0.6 is 0 Å². The lowest BCUT2D eigenvalue weighted by atomic mass is 10.2. The Bertz CT molecular complexity index is 400. The van der Waals surface area contributed by atoms with Gasteiger partial charge in [0.15, 0.2) is 11.5 Å². The minimum Gasteiger partial charge on any atom is -0.493 e. The average molecular weight is 263 g/mol. The Balaban J connectivity index is 2.49. The van der Waals surface area contributed by atoms with Crippen LogP contribution < -0.4 is 14.8 Å². The second-order valence-electron chi connectivity index (χ2n) is 4.72. The summed E-state index contributed by atoms with van der Waals surface area (Å²) in [5.41, 5.74) is 1.12. The highest BCUT2D eigenvalue weighted by Gasteiger charge is 2.04. The van der Waals surface area contributed by atoms with Crippen molar-refractivity contribution in [3.05, 3.63) is 29.8 Å². The maximum atomic E-state index is 5.75. The Kier molecular flexibility index (Phi) is 7.04. The SMILES string of the molecule is C/C=C/c1ccc(OCCCNC(C)C)c(OC)c1. The fourth-order valence-electron chi connectivity index (χ4n) is 1.74. The highest BCUT2D eigenvalue weighted by molar-refractivity contribution is 5.55. The molecule has 1 rings (SSSR count). The van der Waals surface area contributed by atoms with Crippen LogP contribution in [0.4, 0.5) is 0 Å². The van der Waals surface area contributed by atoms with E-state index < -0.39 is 0 Å². The van der Waals surface area contributed by atoms with Crippen LogP contribution in [-0.2, 0) is 0 Å². The minimum atomic E-state index is 0.523. The number of benzene rings is 1. The maximum absolute atomic E-state index is 5.75. The molecule has 0 aromatic heterocycles. The van der Waals surface area contributed by atoms with Crippen LogP contribution in [0.3, 0.4) is 0 Å². The fraction of sp³-hybridized carbons (Fsp3) is 0.500. The van der Waals surface area contributed by atoms with Crippen molar-refractivity contribution in [2.75, 3.05) is 20.3 Å². The number of methoxy groups -OCH3 is 1. The molecular formula is C16H25NO2. The number of rotatable bonds is 8. The van der Waals surface area contributed by atoms with Gasteiger partial charge in [0.2, 0.25) is 0 Å². The smallest absolute Gasteiger partial charge is 0.161 e. The molecule has 0 atom stereocenters. The van der Waals surface area contributed by atoms with E-state index in [1.807, 2.05) is 37.3 Å². The van der Waals surface area contributed by atoms with Gasteiger partial charge in [-0.3, -0.25) is 0 Å². The summed E-state index contributed by atoms with van der Waals surface area (Å²) in [7, 11) is 1.67. The molecule has 0 bridgehead atoms. The van der Waals surface area contributed by atoms with Gasteiger partial charge in [0, 0.05) is 6.04 Å². The molecule has 0 aliphatic carbocycles. The van der Waals surface area contributed by atoms with E-state index in [4.69, 9.17) is 9.47 Å². The van der Waals surface area contributed by atoms with E-state index in [9.17, 15) is 0 Å². The Morgan fingerprint density at radius 3 is 2.68 bits per heavy atom. The quantitative estimate of drug-likeness (QED) is 0.728. The van der Waals surface area contributed by atoms with Gasteiger partial charge in [0.1, 0.15) is 0 Å². The molecule has 0 saturated carbocycles. The molecule has 0 amide bonds. The summed E-state index contributed by atoms with van der Waals surface area (Å²) in [5, 5.41) is 3.37. The van der Waals surface area contributed by atoms with Gasteiger partial charge in [-0.25, -0.2) is 0 Å². The lowest BCUT2D eigenvalue weighted by Gasteiger charge is -2.12. The fourth-order valence-corrected chi connectivity index (χ4v) is 1.74. The highest BCUT2D eigenvalue weighted by Crippen LogP contribution is 2.28. The molecular weight excluding hydrogens is 238 g/mol. The summed E-state index contributed by atoms with van der Waals surface area (Å²) in [6.07, 6.45) is 5.03. The van der Waals surface area contributed by atoms with Gasteiger partial charge >= 0.3 is 0 Å². The van der Waals surface area contributed by atoms with Crippen LogP contribution in [0.2, 0.25) is 0 Å². The number of hydrogen-bond acceptors (Lipinski definition) is 3.